The second-order valence-corrected chi connectivity index (χ2v) is 32.5. The van der Waals surface area contributed by atoms with Crippen LogP contribution in [-0.2, 0) is 43.3 Å². The van der Waals surface area contributed by atoms with E-state index >= 15 is 0 Å². The number of anilines is 8. The Balaban J connectivity index is 1.22. The van der Waals surface area contributed by atoms with Crippen molar-refractivity contribution in [1.29, 1.82) is 0 Å². The van der Waals surface area contributed by atoms with Crippen molar-refractivity contribution in [1.82, 2.24) is 0 Å². The van der Waals surface area contributed by atoms with Crippen molar-refractivity contribution in [2.45, 2.75) is 226 Å². The summed E-state index contributed by atoms with van der Waals surface area (Å²) >= 11 is 0. The molecule has 81 heavy (non-hydrogen) atoms. The lowest BCUT2D eigenvalue weighted by atomic mass is 9.33. The Kier molecular flexibility index (Phi) is 11.4. The van der Waals surface area contributed by atoms with Crippen LogP contribution in [-0.4, -0.2) is 12.3 Å². The Bertz CT molecular complexity index is 3790. The lowest BCUT2D eigenvalue weighted by molar-refractivity contribution is 0.195. The van der Waals surface area contributed by atoms with Gasteiger partial charge >= 0.3 is 0 Å². The van der Waals surface area contributed by atoms with Crippen molar-refractivity contribution in [2.75, 3.05) is 14.7 Å². The van der Waals surface area contributed by atoms with Gasteiger partial charge in [-0.15, -0.1) is 0 Å². The van der Waals surface area contributed by atoms with E-state index in [0.717, 1.165) is 19.3 Å². The van der Waals surface area contributed by atoms with E-state index in [1.54, 1.807) is 0 Å². The summed E-state index contributed by atoms with van der Waals surface area (Å²) in [5.41, 5.74) is 29.9. The van der Waals surface area contributed by atoms with Gasteiger partial charge < -0.3 is 14.7 Å². The maximum atomic E-state index is 2.88. The van der Waals surface area contributed by atoms with Crippen LogP contribution in [0.3, 0.4) is 0 Å². The van der Waals surface area contributed by atoms with Crippen molar-refractivity contribution in [3.8, 4) is 11.1 Å². The highest BCUT2D eigenvalue weighted by molar-refractivity contribution is 7.00. The quantitative estimate of drug-likeness (QED) is 0.163. The second kappa shape index (κ2) is 17.1. The van der Waals surface area contributed by atoms with Crippen molar-refractivity contribution in [2.24, 2.45) is 0 Å². The van der Waals surface area contributed by atoms with Gasteiger partial charge in [0, 0.05) is 50.8 Å². The van der Waals surface area contributed by atoms with Gasteiger partial charge in [0.2, 0.25) is 0 Å². The highest BCUT2D eigenvalue weighted by Crippen LogP contribution is 2.63. The number of benzene rings is 7. The highest BCUT2D eigenvalue weighted by atomic mass is 15.3. The molecular formula is C77H92BN3. The summed E-state index contributed by atoms with van der Waals surface area (Å²) in [6, 6.07) is 50.0. The predicted molar refractivity (Wildman–Crippen MR) is 351 cm³/mol. The molecule has 3 heterocycles. The molecule has 0 radical (unpaired) electrons. The number of fused-ring (bicyclic) bond motifs is 9. The van der Waals surface area contributed by atoms with E-state index in [4.69, 9.17) is 0 Å². The summed E-state index contributed by atoms with van der Waals surface area (Å²) in [4.78, 5) is 8.43. The van der Waals surface area contributed by atoms with E-state index in [1.807, 2.05) is 0 Å². The standard InChI is InChI=1S/C77H92BN3/c1-47-36-49(69(2,3)4)28-31-61(47)79-64-43-56-54(72(11,12)45-74(56,15)16)41-59(64)78-60-42-55-57(75(17,18)46-73(55,13)14)44-65(60)80(62-32-29-50(70(5,6)7)37-53(62)48-26-22-21-23-27-48)67-40-52(39-66(79)68(67)78)81-63-33-30-51(71(8,9)10)38-58(63)76(19)34-24-25-35-77(76,81)20/h21-23,26-33,36-44H,24-25,34-35,45-46H2,1-20H3. The summed E-state index contributed by atoms with van der Waals surface area (Å²) in [5, 5.41) is 0. The van der Waals surface area contributed by atoms with Crippen molar-refractivity contribution < 1.29 is 0 Å². The van der Waals surface area contributed by atoms with Gasteiger partial charge in [-0.3, -0.25) is 0 Å². The molecule has 3 aliphatic heterocycles. The summed E-state index contributed by atoms with van der Waals surface area (Å²) < 4.78 is 0. The first-order chi connectivity index (χ1) is 37.7. The van der Waals surface area contributed by atoms with Crippen LogP contribution in [0.4, 0.5) is 45.5 Å². The third kappa shape index (κ3) is 7.86. The molecule has 13 rings (SSSR count). The molecule has 1 fully saturated rings. The van der Waals surface area contributed by atoms with Crippen molar-refractivity contribution in [3.05, 3.63) is 171 Å². The molecule has 4 heteroatoms. The Morgan fingerprint density at radius 2 is 0.852 bits per heavy atom. The fourth-order valence-corrected chi connectivity index (χ4v) is 17.6. The molecule has 0 bridgehead atoms. The van der Waals surface area contributed by atoms with Crippen LogP contribution in [0.15, 0.2) is 121 Å². The topological polar surface area (TPSA) is 9.72 Å². The van der Waals surface area contributed by atoms with Crippen LogP contribution in [0.1, 0.15) is 220 Å². The largest absolute Gasteiger partial charge is 0.334 e. The minimum absolute atomic E-state index is 0.00665. The maximum absolute atomic E-state index is 2.88. The zero-order chi connectivity index (χ0) is 57.9. The molecule has 418 valence electrons. The van der Waals surface area contributed by atoms with Crippen LogP contribution in [0, 0.1) is 6.92 Å². The molecule has 0 saturated heterocycles. The van der Waals surface area contributed by atoms with Gasteiger partial charge in [-0.05, 0) is 198 Å². The van der Waals surface area contributed by atoms with E-state index in [2.05, 4.69) is 275 Å². The van der Waals surface area contributed by atoms with Crippen molar-refractivity contribution in [3.63, 3.8) is 0 Å². The maximum Gasteiger partial charge on any atom is 0.252 e. The third-order valence-corrected chi connectivity index (χ3v) is 21.7. The molecule has 2 unspecified atom stereocenters. The van der Waals surface area contributed by atoms with E-state index in [9.17, 15) is 0 Å². The molecule has 0 spiro atoms. The van der Waals surface area contributed by atoms with Gasteiger partial charge in [0.1, 0.15) is 0 Å². The van der Waals surface area contributed by atoms with Crippen LogP contribution in [0.5, 0.6) is 0 Å². The Labute approximate surface area is 489 Å². The number of hydrogen-bond donors (Lipinski definition) is 0. The molecule has 7 aromatic carbocycles. The smallest absolute Gasteiger partial charge is 0.252 e. The average molecular weight is 1070 g/mol. The zero-order valence-electron chi connectivity index (χ0n) is 53.2. The Morgan fingerprint density at radius 1 is 0.407 bits per heavy atom. The van der Waals surface area contributed by atoms with Crippen LogP contribution in [0.25, 0.3) is 11.1 Å². The van der Waals surface area contributed by atoms with E-state index in [1.165, 1.54) is 142 Å². The van der Waals surface area contributed by atoms with Crippen LogP contribution >= 0.6 is 0 Å². The molecule has 0 N–H and O–H groups in total. The van der Waals surface area contributed by atoms with Gasteiger partial charge in [0.05, 0.1) is 11.2 Å². The lowest BCUT2D eigenvalue weighted by Crippen LogP contribution is -2.62. The average Bonchev–Trinajstić information content (AvgIpc) is 2.50. The molecular weight excluding hydrogens is 978 g/mol. The number of hydrogen-bond acceptors (Lipinski definition) is 3. The summed E-state index contributed by atoms with van der Waals surface area (Å²) in [6.07, 6.45) is 6.99. The monoisotopic (exact) mass is 1070 g/mol. The first kappa shape index (κ1) is 54.3. The Hall–Kier alpha value is -6.00. The molecule has 3 nitrogen and oxygen atoms in total. The molecule has 6 aliphatic rings. The predicted octanol–water partition coefficient (Wildman–Crippen LogP) is 19.3. The van der Waals surface area contributed by atoms with Gasteiger partial charge in [-0.25, -0.2) is 0 Å². The minimum Gasteiger partial charge on any atom is -0.334 e. The highest BCUT2D eigenvalue weighted by Gasteiger charge is 2.59. The van der Waals surface area contributed by atoms with Crippen molar-refractivity contribution >= 4 is 68.6 Å². The molecule has 0 aromatic heterocycles. The number of rotatable bonds is 4. The third-order valence-electron chi connectivity index (χ3n) is 21.7. The van der Waals surface area contributed by atoms with Crippen LogP contribution in [0.2, 0.25) is 0 Å². The SMILES string of the molecule is Cc1cc(C(C)(C)C)ccc1N1c2cc3c(cc2B2c4cc5c(cc4N(c4ccc(C(C)(C)C)cc4-c4ccccc4)c4cc(N6c7ccc(C(C)(C)C)cc7C7(C)CCCCC67C)cc1c42)C(C)(C)CC5(C)C)C(C)(C)CC3(C)C. The Morgan fingerprint density at radius 3 is 1.36 bits per heavy atom. The zero-order valence-corrected chi connectivity index (χ0v) is 53.2. The van der Waals surface area contributed by atoms with Gasteiger partial charge in [-0.1, -0.05) is 210 Å². The fraction of sp³-hybridized carbons (Fsp3) is 0.455. The second-order valence-electron chi connectivity index (χ2n) is 32.5. The normalized spacial score (nSPS) is 22.4. The lowest BCUT2D eigenvalue weighted by Gasteiger charge is -2.51. The summed E-state index contributed by atoms with van der Waals surface area (Å²) in [6.45, 7) is 49.0. The molecule has 3 aliphatic carbocycles. The van der Waals surface area contributed by atoms with E-state index < -0.39 is 0 Å². The molecule has 1 saturated carbocycles. The minimum atomic E-state index is -0.167. The van der Waals surface area contributed by atoms with E-state index in [-0.39, 0.29) is 55.6 Å². The molecule has 0 amide bonds. The van der Waals surface area contributed by atoms with Gasteiger partial charge in [-0.2, -0.15) is 0 Å². The van der Waals surface area contributed by atoms with E-state index in [0.29, 0.717) is 0 Å². The molecule has 2 atom stereocenters. The number of nitrogens with zero attached hydrogens (tertiary/aromatic N) is 3. The first-order valence-corrected chi connectivity index (χ1v) is 31.1. The fourth-order valence-electron chi connectivity index (χ4n) is 17.6. The van der Waals surface area contributed by atoms with Gasteiger partial charge in [0.15, 0.2) is 0 Å². The van der Waals surface area contributed by atoms with Crippen LogP contribution < -0.4 is 31.1 Å². The van der Waals surface area contributed by atoms with Gasteiger partial charge in [0.25, 0.3) is 6.71 Å². The first-order valence-electron chi connectivity index (χ1n) is 31.1. The summed E-state index contributed by atoms with van der Waals surface area (Å²) in [5.74, 6) is 0. The number of aryl methyl sites for hydroxylation is 1. The molecule has 7 aromatic rings. The summed E-state index contributed by atoms with van der Waals surface area (Å²) in [7, 11) is 0.